The van der Waals surface area contributed by atoms with Crippen LogP contribution in [0.3, 0.4) is 0 Å². The second kappa shape index (κ2) is 11.2. The second-order valence-corrected chi connectivity index (χ2v) is 5.65. The highest BCUT2D eigenvalue weighted by atomic mass is 35.5. The number of carbonyl (C=O) groups excluding carboxylic acids is 1. The predicted octanol–water partition coefficient (Wildman–Crippen LogP) is 2.37. The molecular formula is C17H26ClFN2O3. The molecule has 1 aromatic rings. The summed E-state index contributed by atoms with van der Waals surface area (Å²) in [6.45, 7) is 3.09. The van der Waals surface area contributed by atoms with Gasteiger partial charge in [0, 0.05) is 19.7 Å². The van der Waals surface area contributed by atoms with E-state index in [0.29, 0.717) is 31.9 Å². The lowest BCUT2D eigenvalue weighted by atomic mass is 10.1. The molecule has 0 saturated carbocycles. The van der Waals surface area contributed by atoms with E-state index < -0.39 is 0 Å². The van der Waals surface area contributed by atoms with Crippen LogP contribution in [0, 0.1) is 5.82 Å². The summed E-state index contributed by atoms with van der Waals surface area (Å²) in [6.07, 6.45) is 3.18. The number of hydrogen-bond donors (Lipinski definition) is 1. The van der Waals surface area contributed by atoms with Gasteiger partial charge in [0.15, 0.2) is 0 Å². The van der Waals surface area contributed by atoms with E-state index in [4.69, 9.17) is 15.2 Å². The lowest BCUT2D eigenvalue weighted by molar-refractivity contribution is -0.134. The summed E-state index contributed by atoms with van der Waals surface area (Å²) in [7, 11) is 0. The lowest BCUT2D eigenvalue weighted by Gasteiger charge is -2.32. The van der Waals surface area contributed by atoms with Crippen molar-refractivity contribution in [3.05, 3.63) is 30.1 Å². The Hall–Kier alpha value is -1.37. The predicted molar refractivity (Wildman–Crippen MR) is 93.0 cm³/mol. The molecule has 24 heavy (non-hydrogen) atoms. The third-order valence-corrected chi connectivity index (χ3v) is 3.89. The van der Waals surface area contributed by atoms with E-state index in [9.17, 15) is 9.18 Å². The van der Waals surface area contributed by atoms with Crippen LogP contribution in [-0.4, -0.2) is 49.8 Å². The van der Waals surface area contributed by atoms with Crippen molar-refractivity contribution in [3.8, 4) is 5.75 Å². The fourth-order valence-electron chi connectivity index (χ4n) is 2.55. The summed E-state index contributed by atoms with van der Waals surface area (Å²) in [5.41, 5.74) is 5.44. The van der Waals surface area contributed by atoms with Crippen molar-refractivity contribution in [1.82, 2.24) is 4.90 Å². The summed E-state index contributed by atoms with van der Waals surface area (Å²) >= 11 is 0. The second-order valence-electron chi connectivity index (χ2n) is 5.65. The molecule has 0 bridgehead atoms. The van der Waals surface area contributed by atoms with Gasteiger partial charge in [0.25, 0.3) is 0 Å². The number of amides is 1. The molecule has 2 rings (SSSR count). The van der Waals surface area contributed by atoms with Crippen LogP contribution >= 0.6 is 12.4 Å². The molecule has 136 valence electrons. The number of piperidine rings is 1. The van der Waals surface area contributed by atoms with Gasteiger partial charge < -0.3 is 20.1 Å². The molecule has 0 aromatic heterocycles. The zero-order valence-corrected chi connectivity index (χ0v) is 14.6. The van der Waals surface area contributed by atoms with Gasteiger partial charge in [0.05, 0.1) is 19.1 Å². The molecule has 1 aliphatic heterocycles. The summed E-state index contributed by atoms with van der Waals surface area (Å²) < 4.78 is 24.0. The van der Waals surface area contributed by atoms with Crippen molar-refractivity contribution < 1.29 is 18.7 Å². The highest BCUT2D eigenvalue weighted by molar-refractivity contribution is 5.85. The third kappa shape index (κ3) is 7.03. The van der Waals surface area contributed by atoms with Gasteiger partial charge in [-0.25, -0.2) is 4.39 Å². The minimum atomic E-state index is -0.301. The maximum absolute atomic E-state index is 12.8. The highest BCUT2D eigenvalue weighted by Crippen LogP contribution is 2.15. The monoisotopic (exact) mass is 360 g/mol. The molecule has 1 fully saturated rings. The normalized spacial score (nSPS) is 15.0. The van der Waals surface area contributed by atoms with Gasteiger partial charge in [-0.05, 0) is 50.1 Å². The third-order valence-electron chi connectivity index (χ3n) is 3.89. The molecule has 1 saturated heterocycles. The average Bonchev–Trinajstić information content (AvgIpc) is 2.57. The molecule has 5 nitrogen and oxygen atoms in total. The zero-order chi connectivity index (χ0) is 16.5. The van der Waals surface area contributed by atoms with Crippen LogP contribution in [0.4, 0.5) is 4.39 Å². The molecule has 1 aromatic carbocycles. The molecule has 2 N–H and O–H groups in total. The van der Waals surface area contributed by atoms with Crippen molar-refractivity contribution in [1.29, 1.82) is 0 Å². The van der Waals surface area contributed by atoms with E-state index in [2.05, 4.69) is 0 Å². The highest BCUT2D eigenvalue weighted by Gasteiger charge is 2.22. The topological polar surface area (TPSA) is 64.8 Å². The minimum absolute atomic E-state index is 0. The average molecular weight is 361 g/mol. The Kier molecular flexibility index (Phi) is 9.67. The van der Waals surface area contributed by atoms with Gasteiger partial charge in [0.1, 0.15) is 11.6 Å². The minimum Gasteiger partial charge on any atom is -0.493 e. The molecule has 1 heterocycles. The van der Waals surface area contributed by atoms with Crippen molar-refractivity contribution in [2.24, 2.45) is 5.73 Å². The first-order valence-electron chi connectivity index (χ1n) is 8.17. The number of nitrogens with two attached hydrogens (primary N) is 1. The first-order valence-corrected chi connectivity index (χ1v) is 8.17. The SMILES string of the molecule is Cl.NCCCOC1CCN(C(=O)CCOc2ccc(F)cc2)CC1. The summed E-state index contributed by atoms with van der Waals surface area (Å²) in [5.74, 6) is 0.365. The van der Waals surface area contributed by atoms with E-state index in [-0.39, 0.29) is 30.2 Å². The van der Waals surface area contributed by atoms with Gasteiger partial charge in [-0.3, -0.25) is 4.79 Å². The van der Waals surface area contributed by atoms with Crippen LogP contribution < -0.4 is 10.5 Å². The first-order chi connectivity index (χ1) is 11.2. The Morgan fingerprint density at radius 2 is 1.88 bits per heavy atom. The number of nitrogens with zero attached hydrogens (tertiary/aromatic N) is 1. The van der Waals surface area contributed by atoms with Crippen molar-refractivity contribution >= 4 is 18.3 Å². The number of rotatable bonds is 8. The van der Waals surface area contributed by atoms with Gasteiger partial charge in [-0.2, -0.15) is 0 Å². The van der Waals surface area contributed by atoms with Crippen molar-refractivity contribution in [2.45, 2.75) is 31.8 Å². The summed E-state index contributed by atoms with van der Waals surface area (Å²) in [4.78, 5) is 14.0. The standard InChI is InChI=1S/C17H25FN2O3.ClH/c18-14-2-4-15(5-3-14)23-13-8-17(21)20-10-6-16(7-11-20)22-12-1-9-19;/h2-5,16H,1,6-13,19H2;1H. The smallest absolute Gasteiger partial charge is 0.226 e. The van der Waals surface area contributed by atoms with E-state index in [1.165, 1.54) is 12.1 Å². The maximum atomic E-state index is 12.8. The fraction of sp³-hybridized carbons (Fsp3) is 0.588. The number of benzene rings is 1. The van der Waals surface area contributed by atoms with E-state index in [1.54, 1.807) is 12.1 Å². The van der Waals surface area contributed by atoms with E-state index in [1.807, 2.05) is 4.90 Å². The Labute approximate surface area is 148 Å². The number of carbonyl (C=O) groups is 1. The van der Waals surface area contributed by atoms with Crippen LogP contribution in [0.2, 0.25) is 0 Å². The molecule has 0 aliphatic carbocycles. The number of ether oxygens (including phenoxy) is 2. The van der Waals surface area contributed by atoms with Gasteiger partial charge in [-0.1, -0.05) is 0 Å². The molecule has 0 unspecified atom stereocenters. The Morgan fingerprint density at radius 1 is 1.21 bits per heavy atom. The fourth-order valence-corrected chi connectivity index (χ4v) is 2.55. The van der Waals surface area contributed by atoms with Crippen molar-refractivity contribution in [2.75, 3.05) is 32.8 Å². The van der Waals surface area contributed by atoms with Gasteiger partial charge in [0.2, 0.25) is 5.91 Å². The Bertz CT molecular complexity index is 479. The maximum Gasteiger partial charge on any atom is 0.226 e. The summed E-state index contributed by atoms with van der Waals surface area (Å²) in [5, 5.41) is 0. The van der Waals surface area contributed by atoms with Crippen LogP contribution in [-0.2, 0) is 9.53 Å². The molecular weight excluding hydrogens is 335 g/mol. The number of halogens is 2. The number of hydrogen-bond acceptors (Lipinski definition) is 4. The molecule has 0 radical (unpaired) electrons. The van der Waals surface area contributed by atoms with E-state index >= 15 is 0 Å². The molecule has 1 amide bonds. The molecule has 0 atom stereocenters. The quantitative estimate of drug-likeness (QED) is 0.723. The summed E-state index contributed by atoms with van der Waals surface area (Å²) in [6, 6.07) is 5.80. The van der Waals surface area contributed by atoms with Gasteiger partial charge >= 0.3 is 0 Å². The number of likely N-dealkylation sites (tertiary alicyclic amines) is 1. The van der Waals surface area contributed by atoms with Crippen LogP contribution in [0.25, 0.3) is 0 Å². The zero-order valence-electron chi connectivity index (χ0n) is 13.8. The molecule has 7 heteroatoms. The van der Waals surface area contributed by atoms with Crippen molar-refractivity contribution in [3.63, 3.8) is 0 Å². The van der Waals surface area contributed by atoms with Gasteiger partial charge in [-0.15, -0.1) is 12.4 Å². The lowest BCUT2D eigenvalue weighted by Crippen LogP contribution is -2.41. The Morgan fingerprint density at radius 3 is 2.50 bits per heavy atom. The van der Waals surface area contributed by atoms with Crippen LogP contribution in [0.5, 0.6) is 5.75 Å². The largest absolute Gasteiger partial charge is 0.493 e. The Balaban J connectivity index is 0.00000288. The van der Waals surface area contributed by atoms with Crippen LogP contribution in [0.1, 0.15) is 25.7 Å². The van der Waals surface area contributed by atoms with E-state index in [0.717, 1.165) is 32.4 Å². The van der Waals surface area contributed by atoms with Crippen LogP contribution in [0.15, 0.2) is 24.3 Å². The molecule has 1 aliphatic rings. The molecule has 0 spiro atoms. The first kappa shape index (κ1) is 20.7.